The smallest absolute Gasteiger partial charge is 0.230 e. The zero-order valence-corrected chi connectivity index (χ0v) is 12.7. The Morgan fingerprint density at radius 1 is 1.53 bits per heavy atom. The summed E-state index contributed by atoms with van der Waals surface area (Å²) in [5.41, 5.74) is 0.775. The molecular weight excluding hydrogens is 306 g/mol. The van der Waals surface area contributed by atoms with Crippen molar-refractivity contribution in [2.75, 3.05) is 13.2 Å². The molecule has 0 saturated heterocycles. The Labute approximate surface area is 122 Å². The zero-order valence-electron chi connectivity index (χ0n) is 11.2. The highest BCUT2D eigenvalue weighted by Crippen LogP contribution is 2.48. The van der Waals surface area contributed by atoms with E-state index in [-0.39, 0.29) is 17.9 Å². The first-order valence-corrected chi connectivity index (χ1v) is 7.53. The summed E-state index contributed by atoms with van der Waals surface area (Å²) < 4.78 is 1.01. The van der Waals surface area contributed by atoms with Gasteiger partial charge in [0.2, 0.25) is 5.91 Å². The first-order valence-electron chi connectivity index (χ1n) is 6.74. The minimum absolute atomic E-state index is 0.121. The normalized spacial score (nSPS) is 17.8. The molecule has 1 fully saturated rings. The number of aliphatic hydroxyl groups is 1. The van der Waals surface area contributed by atoms with Crippen molar-refractivity contribution in [2.45, 2.75) is 31.6 Å². The summed E-state index contributed by atoms with van der Waals surface area (Å²) in [6.45, 7) is 2.85. The second-order valence-corrected chi connectivity index (χ2v) is 6.34. The molecule has 0 aromatic heterocycles. The monoisotopic (exact) mass is 325 g/mol. The van der Waals surface area contributed by atoms with Crippen molar-refractivity contribution >= 4 is 21.8 Å². The summed E-state index contributed by atoms with van der Waals surface area (Å²) in [6, 6.07) is 8.00. The third kappa shape index (κ3) is 3.37. The van der Waals surface area contributed by atoms with Crippen LogP contribution in [-0.4, -0.2) is 24.2 Å². The molecule has 2 rings (SSSR count). The Balaban J connectivity index is 1.99. The van der Waals surface area contributed by atoms with Crippen molar-refractivity contribution in [3.05, 3.63) is 34.3 Å². The topological polar surface area (TPSA) is 49.3 Å². The Kier molecular flexibility index (Phi) is 4.63. The van der Waals surface area contributed by atoms with E-state index in [2.05, 4.69) is 21.2 Å². The minimum Gasteiger partial charge on any atom is -0.396 e. The number of hydrogen-bond acceptors (Lipinski definition) is 2. The molecule has 1 aliphatic rings. The zero-order chi connectivity index (χ0) is 13.9. The third-order valence-electron chi connectivity index (χ3n) is 3.79. The van der Waals surface area contributed by atoms with Gasteiger partial charge in [-0.05, 0) is 42.9 Å². The number of amides is 1. The number of carbonyl (C=O) groups is 1. The lowest BCUT2D eigenvalue weighted by Gasteiger charge is -2.18. The Hall–Kier alpha value is -0.870. The molecule has 1 aliphatic carbocycles. The van der Waals surface area contributed by atoms with Crippen LogP contribution in [0.3, 0.4) is 0 Å². The second-order valence-electron chi connectivity index (χ2n) is 5.42. The van der Waals surface area contributed by atoms with Gasteiger partial charge in [-0.25, -0.2) is 0 Å². The SMILES string of the molecule is CC(CCO)CNC(=O)C1(c2cccc(Br)c2)CC1. The first kappa shape index (κ1) is 14.5. The van der Waals surface area contributed by atoms with Gasteiger partial charge in [-0.15, -0.1) is 0 Å². The van der Waals surface area contributed by atoms with Gasteiger partial charge >= 0.3 is 0 Å². The van der Waals surface area contributed by atoms with Crippen LogP contribution in [0.5, 0.6) is 0 Å². The van der Waals surface area contributed by atoms with Crippen LogP contribution in [0.4, 0.5) is 0 Å². The summed E-state index contributed by atoms with van der Waals surface area (Å²) in [5, 5.41) is 11.9. The van der Waals surface area contributed by atoms with Crippen LogP contribution >= 0.6 is 15.9 Å². The maximum absolute atomic E-state index is 12.4. The van der Waals surface area contributed by atoms with E-state index >= 15 is 0 Å². The van der Waals surface area contributed by atoms with Gasteiger partial charge in [-0.3, -0.25) is 4.79 Å². The molecule has 19 heavy (non-hydrogen) atoms. The highest BCUT2D eigenvalue weighted by atomic mass is 79.9. The van der Waals surface area contributed by atoms with Crippen molar-refractivity contribution < 1.29 is 9.90 Å². The fraction of sp³-hybridized carbons (Fsp3) is 0.533. The average Bonchev–Trinajstić information content (AvgIpc) is 3.18. The van der Waals surface area contributed by atoms with Crippen molar-refractivity contribution in [3.8, 4) is 0 Å². The van der Waals surface area contributed by atoms with Gasteiger partial charge in [-0.1, -0.05) is 35.0 Å². The van der Waals surface area contributed by atoms with Gasteiger partial charge in [0.15, 0.2) is 0 Å². The highest BCUT2D eigenvalue weighted by molar-refractivity contribution is 9.10. The van der Waals surface area contributed by atoms with E-state index in [0.717, 1.165) is 29.3 Å². The summed E-state index contributed by atoms with van der Waals surface area (Å²) >= 11 is 3.45. The van der Waals surface area contributed by atoms with E-state index < -0.39 is 0 Å². The van der Waals surface area contributed by atoms with Crippen molar-refractivity contribution in [1.82, 2.24) is 5.32 Å². The van der Waals surface area contributed by atoms with Gasteiger partial charge in [-0.2, -0.15) is 0 Å². The summed E-state index contributed by atoms with van der Waals surface area (Å²) in [6.07, 6.45) is 2.57. The molecule has 2 N–H and O–H groups in total. The molecule has 1 saturated carbocycles. The molecule has 0 aliphatic heterocycles. The fourth-order valence-corrected chi connectivity index (χ4v) is 2.72. The Morgan fingerprint density at radius 2 is 2.26 bits per heavy atom. The van der Waals surface area contributed by atoms with Crippen molar-refractivity contribution in [2.24, 2.45) is 5.92 Å². The molecule has 1 aromatic rings. The van der Waals surface area contributed by atoms with E-state index in [1.165, 1.54) is 0 Å². The molecule has 1 aromatic carbocycles. The van der Waals surface area contributed by atoms with E-state index in [1.54, 1.807) is 0 Å². The molecule has 1 unspecified atom stereocenters. The van der Waals surface area contributed by atoms with E-state index in [4.69, 9.17) is 5.11 Å². The lowest BCUT2D eigenvalue weighted by molar-refractivity contribution is -0.123. The van der Waals surface area contributed by atoms with E-state index in [0.29, 0.717) is 12.5 Å². The van der Waals surface area contributed by atoms with Gasteiger partial charge in [0.1, 0.15) is 0 Å². The number of halogens is 1. The van der Waals surface area contributed by atoms with E-state index in [1.807, 2.05) is 31.2 Å². The summed E-state index contributed by atoms with van der Waals surface area (Å²) in [4.78, 5) is 12.4. The van der Waals surface area contributed by atoms with Crippen molar-refractivity contribution in [3.63, 3.8) is 0 Å². The van der Waals surface area contributed by atoms with Crippen LogP contribution in [0.2, 0.25) is 0 Å². The first-order chi connectivity index (χ1) is 9.08. The van der Waals surface area contributed by atoms with Crippen LogP contribution in [0, 0.1) is 5.92 Å². The number of hydrogen-bond donors (Lipinski definition) is 2. The molecule has 0 bridgehead atoms. The average molecular weight is 326 g/mol. The second kappa shape index (κ2) is 6.06. The van der Waals surface area contributed by atoms with Crippen LogP contribution < -0.4 is 5.32 Å². The largest absolute Gasteiger partial charge is 0.396 e. The molecule has 1 amide bonds. The molecular formula is C15H20BrNO2. The summed E-state index contributed by atoms with van der Waals surface area (Å²) in [5.74, 6) is 0.433. The molecule has 1 atom stereocenters. The van der Waals surface area contributed by atoms with Gasteiger partial charge in [0.25, 0.3) is 0 Å². The molecule has 0 radical (unpaired) electrons. The quantitative estimate of drug-likeness (QED) is 0.844. The van der Waals surface area contributed by atoms with Crippen LogP contribution in [0.25, 0.3) is 0 Å². The van der Waals surface area contributed by atoms with Gasteiger partial charge in [0, 0.05) is 17.6 Å². The van der Waals surface area contributed by atoms with Crippen LogP contribution in [-0.2, 0) is 10.2 Å². The number of benzene rings is 1. The lowest BCUT2D eigenvalue weighted by atomic mass is 9.95. The minimum atomic E-state index is -0.317. The maximum atomic E-state index is 12.4. The lowest BCUT2D eigenvalue weighted by Crippen LogP contribution is -2.37. The Morgan fingerprint density at radius 3 is 2.84 bits per heavy atom. The predicted molar refractivity (Wildman–Crippen MR) is 78.9 cm³/mol. The summed E-state index contributed by atoms with van der Waals surface area (Å²) in [7, 11) is 0. The standard InChI is InChI=1S/C15H20BrNO2/c1-11(5-8-18)10-17-14(19)15(6-7-15)12-3-2-4-13(16)9-12/h2-4,9,11,18H,5-8,10H2,1H3,(H,17,19). The van der Waals surface area contributed by atoms with Gasteiger partial charge < -0.3 is 10.4 Å². The number of carbonyl (C=O) groups excluding carboxylic acids is 1. The maximum Gasteiger partial charge on any atom is 0.230 e. The van der Waals surface area contributed by atoms with Crippen molar-refractivity contribution in [1.29, 1.82) is 0 Å². The predicted octanol–water partition coefficient (Wildman–Crippen LogP) is 2.62. The third-order valence-corrected chi connectivity index (χ3v) is 4.29. The number of aliphatic hydroxyl groups excluding tert-OH is 1. The van der Waals surface area contributed by atoms with E-state index in [9.17, 15) is 4.79 Å². The van der Waals surface area contributed by atoms with Crippen LogP contribution in [0.15, 0.2) is 28.7 Å². The number of nitrogens with one attached hydrogen (secondary N) is 1. The van der Waals surface area contributed by atoms with Crippen LogP contribution in [0.1, 0.15) is 31.7 Å². The fourth-order valence-electron chi connectivity index (χ4n) is 2.32. The molecule has 104 valence electrons. The van der Waals surface area contributed by atoms with Gasteiger partial charge in [0.05, 0.1) is 5.41 Å². The molecule has 0 spiro atoms. The molecule has 3 nitrogen and oxygen atoms in total. The number of rotatable bonds is 6. The highest BCUT2D eigenvalue weighted by Gasteiger charge is 2.51. The molecule has 0 heterocycles. The Bertz CT molecular complexity index is 457. The molecule has 4 heteroatoms.